The zero-order valence-corrected chi connectivity index (χ0v) is 20.3. The highest BCUT2D eigenvalue weighted by molar-refractivity contribution is 7.97. The van der Waals surface area contributed by atoms with Crippen molar-refractivity contribution in [1.29, 1.82) is 5.41 Å². The number of hydrogen-bond donors (Lipinski definition) is 3. The van der Waals surface area contributed by atoms with Crippen LogP contribution in [0.3, 0.4) is 0 Å². The van der Waals surface area contributed by atoms with Crippen LogP contribution in [0.1, 0.15) is 29.7 Å². The Morgan fingerprint density at radius 3 is 2.34 bits per heavy atom. The summed E-state index contributed by atoms with van der Waals surface area (Å²) in [5, 5.41) is 9.20. The third-order valence-electron chi connectivity index (χ3n) is 4.18. The van der Waals surface area contributed by atoms with E-state index in [9.17, 15) is 0 Å². The molecule has 0 amide bonds. The number of aromatic nitrogens is 2. The molecule has 0 aliphatic rings. The molecular formula is C23H25Cl2N5OS. The van der Waals surface area contributed by atoms with E-state index in [0.29, 0.717) is 38.4 Å². The Morgan fingerprint density at radius 2 is 1.75 bits per heavy atom. The van der Waals surface area contributed by atoms with Crippen LogP contribution >= 0.6 is 35.0 Å². The second-order valence-corrected chi connectivity index (χ2v) is 8.33. The normalized spacial score (nSPS) is 11.5. The molecule has 1 unspecified atom stereocenters. The van der Waals surface area contributed by atoms with Crippen LogP contribution in [0.5, 0.6) is 5.75 Å². The fourth-order valence-electron chi connectivity index (χ4n) is 2.70. The average molecular weight is 490 g/mol. The van der Waals surface area contributed by atoms with E-state index in [4.69, 9.17) is 44.8 Å². The summed E-state index contributed by atoms with van der Waals surface area (Å²) < 4.78 is 5.99. The minimum Gasteiger partial charge on any atom is -0.486 e. The molecule has 1 atom stereocenters. The molecule has 168 valence electrons. The van der Waals surface area contributed by atoms with Crippen LogP contribution in [0.4, 0.5) is 11.5 Å². The van der Waals surface area contributed by atoms with E-state index in [1.165, 1.54) is 12.4 Å². The monoisotopic (exact) mass is 489 g/mol. The molecule has 0 saturated carbocycles. The van der Waals surface area contributed by atoms with Crippen molar-refractivity contribution in [3.63, 3.8) is 0 Å². The Kier molecular flexibility index (Phi) is 9.84. The summed E-state index contributed by atoms with van der Waals surface area (Å²) >= 11 is 14.2. The molecule has 0 radical (unpaired) electrons. The number of ether oxygens (including phenoxy) is 1. The summed E-state index contributed by atoms with van der Waals surface area (Å²) in [4.78, 5) is 7.97. The van der Waals surface area contributed by atoms with E-state index in [-0.39, 0.29) is 5.71 Å². The number of benzene rings is 1. The zero-order valence-electron chi connectivity index (χ0n) is 18.0. The van der Waals surface area contributed by atoms with Gasteiger partial charge in [-0.1, -0.05) is 29.3 Å². The number of rotatable bonds is 6. The number of allylic oxidation sites excluding steroid dienone is 1. The first-order valence-corrected chi connectivity index (χ1v) is 11.9. The van der Waals surface area contributed by atoms with E-state index >= 15 is 0 Å². The number of thioether (sulfide) groups is 1. The number of nitrogens with one attached hydrogen (secondary N) is 1. The average Bonchev–Trinajstić information content (AvgIpc) is 2.75. The summed E-state index contributed by atoms with van der Waals surface area (Å²) in [7, 11) is 0. The SMILES string of the molecule is CC(Oc1ccc(N)c(C(=N)/C=C/c2ccc(N)nc2)c1)c1c(Cl)cncc1Cl.CSC. The standard InChI is InChI=1S/C21H19Cl2N5O.C2H6S/c1-12(21-16(22)10-27-11-17(21)23)29-14-4-6-19(25)15(8-14)18(24)5-2-13-3-7-20(26)28-9-13;1-3-2/h2-12,24H,25H2,1H3,(H2,26,28);1-2H3/b5-2+,24-18?;. The Labute approximate surface area is 202 Å². The number of nitrogen functional groups attached to an aromatic ring is 2. The van der Waals surface area contributed by atoms with Gasteiger partial charge in [-0.2, -0.15) is 11.8 Å². The molecule has 6 nitrogen and oxygen atoms in total. The van der Waals surface area contributed by atoms with Gasteiger partial charge in [-0.05, 0) is 61.4 Å². The van der Waals surface area contributed by atoms with Crippen molar-refractivity contribution in [2.24, 2.45) is 0 Å². The molecule has 0 aliphatic carbocycles. The summed E-state index contributed by atoms with van der Waals surface area (Å²) in [5.74, 6) is 0.979. The van der Waals surface area contributed by atoms with Crippen LogP contribution in [-0.2, 0) is 0 Å². The van der Waals surface area contributed by atoms with Crippen LogP contribution in [0.2, 0.25) is 10.0 Å². The van der Waals surface area contributed by atoms with Gasteiger partial charge in [-0.15, -0.1) is 0 Å². The van der Waals surface area contributed by atoms with E-state index in [1.54, 1.807) is 54.4 Å². The lowest BCUT2D eigenvalue weighted by Gasteiger charge is -2.18. The second kappa shape index (κ2) is 12.3. The molecule has 0 saturated heterocycles. The van der Waals surface area contributed by atoms with Gasteiger partial charge in [0.2, 0.25) is 0 Å². The Hall–Kier alpha value is -2.74. The molecule has 3 rings (SSSR count). The number of halogens is 2. The van der Waals surface area contributed by atoms with Crippen LogP contribution in [0.25, 0.3) is 6.08 Å². The van der Waals surface area contributed by atoms with Gasteiger partial charge in [0.15, 0.2) is 0 Å². The van der Waals surface area contributed by atoms with Gasteiger partial charge in [0.05, 0.1) is 15.8 Å². The minimum atomic E-state index is -0.417. The van der Waals surface area contributed by atoms with Crippen molar-refractivity contribution in [3.05, 3.63) is 81.7 Å². The summed E-state index contributed by atoms with van der Waals surface area (Å²) in [6, 6.07) is 8.66. The van der Waals surface area contributed by atoms with Crippen molar-refractivity contribution in [3.8, 4) is 5.75 Å². The molecule has 5 N–H and O–H groups in total. The van der Waals surface area contributed by atoms with E-state index in [0.717, 1.165) is 5.56 Å². The highest BCUT2D eigenvalue weighted by Gasteiger charge is 2.16. The maximum absolute atomic E-state index is 8.36. The number of hydrogen-bond acceptors (Lipinski definition) is 7. The molecule has 0 spiro atoms. The number of pyridine rings is 2. The number of nitrogens with two attached hydrogens (primary N) is 2. The van der Waals surface area contributed by atoms with Gasteiger partial charge in [0.25, 0.3) is 0 Å². The predicted molar refractivity (Wildman–Crippen MR) is 138 cm³/mol. The van der Waals surface area contributed by atoms with E-state index < -0.39 is 6.10 Å². The van der Waals surface area contributed by atoms with Crippen molar-refractivity contribution in [2.45, 2.75) is 13.0 Å². The lowest BCUT2D eigenvalue weighted by molar-refractivity contribution is 0.227. The smallest absolute Gasteiger partial charge is 0.124 e. The molecule has 2 aromatic heterocycles. The van der Waals surface area contributed by atoms with E-state index in [1.807, 2.05) is 25.5 Å². The topological polar surface area (TPSA) is 111 Å². The fraction of sp³-hybridized carbons (Fsp3) is 0.174. The summed E-state index contributed by atoms with van der Waals surface area (Å²) in [6.07, 6.45) is 11.7. The van der Waals surface area contributed by atoms with Crippen LogP contribution in [0.15, 0.2) is 55.0 Å². The molecule has 2 heterocycles. The number of anilines is 2. The molecule has 32 heavy (non-hydrogen) atoms. The molecule has 3 aromatic rings. The Bertz CT molecular complexity index is 1070. The second-order valence-electron chi connectivity index (χ2n) is 6.70. The molecule has 0 bridgehead atoms. The minimum absolute atomic E-state index is 0.234. The Balaban J connectivity index is 0.00000114. The van der Waals surface area contributed by atoms with Gasteiger partial charge in [0.1, 0.15) is 17.7 Å². The fourth-order valence-corrected chi connectivity index (χ4v) is 3.37. The first-order chi connectivity index (χ1) is 15.3. The molecule has 1 aromatic carbocycles. The quantitative estimate of drug-likeness (QED) is 0.282. The van der Waals surface area contributed by atoms with Crippen LogP contribution in [0, 0.1) is 5.41 Å². The largest absolute Gasteiger partial charge is 0.486 e. The van der Waals surface area contributed by atoms with Crippen LogP contribution in [-0.4, -0.2) is 28.2 Å². The lowest BCUT2D eigenvalue weighted by Crippen LogP contribution is -2.07. The third kappa shape index (κ3) is 7.15. The summed E-state index contributed by atoms with van der Waals surface area (Å²) in [6.45, 7) is 1.84. The van der Waals surface area contributed by atoms with Gasteiger partial charge in [0, 0.05) is 35.4 Å². The highest BCUT2D eigenvalue weighted by atomic mass is 35.5. The van der Waals surface area contributed by atoms with Crippen LogP contribution < -0.4 is 16.2 Å². The predicted octanol–water partition coefficient (Wildman–Crippen LogP) is 6.15. The maximum atomic E-state index is 8.36. The first kappa shape index (κ1) is 25.5. The highest BCUT2D eigenvalue weighted by Crippen LogP contribution is 2.33. The van der Waals surface area contributed by atoms with Crippen molar-refractivity contribution in [1.82, 2.24) is 9.97 Å². The van der Waals surface area contributed by atoms with Crippen molar-refractivity contribution >= 4 is 58.3 Å². The zero-order chi connectivity index (χ0) is 23.7. The maximum Gasteiger partial charge on any atom is 0.124 e. The molecule has 0 fully saturated rings. The van der Waals surface area contributed by atoms with Crippen molar-refractivity contribution in [2.75, 3.05) is 24.0 Å². The van der Waals surface area contributed by atoms with Gasteiger partial charge >= 0.3 is 0 Å². The molecule has 9 heteroatoms. The lowest BCUT2D eigenvalue weighted by atomic mass is 10.1. The summed E-state index contributed by atoms with van der Waals surface area (Å²) in [5.41, 5.74) is 14.4. The van der Waals surface area contributed by atoms with Crippen molar-refractivity contribution < 1.29 is 4.74 Å². The van der Waals surface area contributed by atoms with E-state index in [2.05, 4.69) is 9.97 Å². The van der Waals surface area contributed by atoms with Gasteiger partial charge in [-0.3, -0.25) is 4.98 Å². The third-order valence-corrected chi connectivity index (χ3v) is 4.78. The Morgan fingerprint density at radius 1 is 1.09 bits per heavy atom. The number of nitrogens with zero attached hydrogens (tertiary/aromatic N) is 2. The molecule has 0 aliphatic heterocycles. The molecular weight excluding hydrogens is 465 g/mol. The first-order valence-electron chi connectivity index (χ1n) is 9.50. The van der Waals surface area contributed by atoms with Gasteiger partial charge < -0.3 is 21.6 Å². The van der Waals surface area contributed by atoms with Gasteiger partial charge in [-0.25, -0.2) is 4.98 Å².